The third-order valence-electron chi connectivity index (χ3n) is 10.2. The maximum atomic E-state index is 13.5. The van der Waals surface area contributed by atoms with E-state index in [2.05, 4.69) is 9.97 Å². The lowest BCUT2D eigenvalue weighted by molar-refractivity contribution is -0.0926. The molecule has 3 N–H and O–H groups in total. The zero-order valence-corrected chi connectivity index (χ0v) is 32.4. The highest BCUT2D eigenvalue weighted by Crippen LogP contribution is 2.44. The first-order valence-electron chi connectivity index (χ1n) is 18.3. The van der Waals surface area contributed by atoms with Gasteiger partial charge in [-0.3, -0.25) is 33.3 Å². The Morgan fingerprint density at radius 1 is 0.737 bits per heavy atom. The van der Waals surface area contributed by atoms with Crippen molar-refractivity contribution < 1.29 is 37.7 Å². The molecule has 7 atom stereocenters. The van der Waals surface area contributed by atoms with Gasteiger partial charge in [-0.15, -0.1) is 0 Å². The minimum atomic E-state index is -3.31. The van der Waals surface area contributed by atoms with Gasteiger partial charge in [0, 0.05) is 36.4 Å². The van der Waals surface area contributed by atoms with Crippen LogP contribution in [0.5, 0.6) is 5.75 Å². The SMILES string of the molecule is COc1ccc(C(OC[C@H]2O[C@@H](n3cc(C)c(=O)[nH]c3=O)C[C@@H]2O[PH](=O)OC[C@H]2O[C@@H](n3cc(C)c(=O)[nH]c3=O)C[C@@H]2O)(c2ccccc2)c2ccccc2)cc1. The third kappa shape index (κ3) is 8.43. The molecule has 17 heteroatoms. The average Bonchev–Trinajstić information content (AvgIpc) is 3.79. The Balaban J connectivity index is 1.15. The van der Waals surface area contributed by atoms with Crippen LogP contribution in [0.4, 0.5) is 0 Å². The first-order valence-corrected chi connectivity index (χ1v) is 19.6. The number of hydrogen-bond acceptors (Lipinski definition) is 12. The molecule has 0 saturated carbocycles. The van der Waals surface area contributed by atoms with E-state index in [9.17, 15) is 28.8 Å². The summed E-state index contributed by atoms with van der Waals surface area (Å²) in [7, 11) is -1.73. The molecule has 0 amide bonds. The van der Waals surface area contributed by atoms with E-state index in [-0.39, 0.29) is 37.2 Å². The average molecular weight is 803 g/mol. The summed E-state index contributed by atoms with van der Waals surface area (Å²) >= 11 is 0. The lowest BCUT2D eigenvalue weighted by atomic mass is 9.80. The Morgan fingerprint density at radius 2 is 1.25 bits per heavy atom. The number of nitrogens with one attached hydrogen (secondary N) is 2. The molecule has 2 saturated heterocycles. The van der Waals surface area contributed by atoms with Gasteiger partial charge >= 0.3 is 19.6 Å². The number of ether oxygens (including phenoxy) is 4. The molecular formula is C40H43N4O12P. The van der Waals surface area contributed by atoms with Gasteiger partial charge in [-0.2, -0.15) is 0 Å². The largest absolute Gasteiger partial charge is 0.497 e. The van der Waals surface area contributed by atoms with Crippen LogP contribution in [0.1, 0.15) is 53.1 Å². The fraction of sp³-hybridized carbons (Fsp3) is 0.350. The molecule has 0 bridgehead atoms. The second-order valence-electron chi connectivity index (χ2n) is 13.9. The predicted molar refractivity (Wildman–Crippen MR) is 207 cm³/mol. The van der Waals surface area contributed by atoms with Gasteiger partial charge in [-0.05, 0) is 42.7 Å². The molecule has 16 nitrogen and oxygen atoms in total. The fourth-order valence-electron chi connectivity index (χ4n) is 7.22. The number of aliphatic hydroxyl groups excluding tert-OH is 1. The number of nitrogens with zero attached hydrogens (tertiary/aromatic N) is 2. The summed E-state index contributed by atoms with van der Waals surface area (Å²) in [6, 6.07) is 26.8. The Bertz CT molecular complexity index is 2390. The number of aliphatic hydroxyl groups is 1. The van der Waals surface area contributed by atoms with Crippen molar-refractivity contribution in [1.82, 2.24) is 19.1 Å². The highest BCUT2D eigenvalue weighted by molar-refractivity contribution is 7.33. The van der Waals surface area contributed by atoms with Crippen LogP contribution in [0.3, 0.4) is 0 Å². The molecule has 0 radical (unpaired) electrons. The summed E-state index contributed by atoms with van der Waals surface area (Å²) in [5, 5.41) is 10.7. The van der Waals surface area contributed by atoms with Crippen LogP contribution in [-0.4, -0.2) is 68.9 Å². The van der Waals surface area contributed by atoms with Crippen LogP contribution in [0.15, 0.2) is 117 Å². The monoisotopic (exact) mass is 802 g/mol. The predicted octanol–water partition coefficient (Wildman–Crippen LogP) is 3.45. The number of benzene rings is 3. The number of H-pyrrole nitrogens is 2. The molecule has 1 unspecified atom stereocenters. The molecule has 300 valence electrons. The summed E-state index contributed by atoms with van der Waals surface area (Å²) in [6.45, 7) is 2.64. The molecule has 57 heavy (non-hydrogen) atoms. The first kappa shape index (κ1) is 40.0. The topological polar surface area (TPSA) is 202 Å². The van der Waals surface area contributed by atoms with E-state index >= 15 is 0 Å². The third-order valence-corrected chi connectivity index (χ3v) is 11.1. The molecule has 2 aliphatic heterocycles. The number of aromatic nitrogens is 4. The molecule has 7 rings (SSSR count). The summed E-state index contributed by atoms with van der Waals surface area (Å²) in [5.41, 5.74) is -0.666. The molecule has 2 aromatic heterocycles. The van der Waals surface area contributed by atoms with Gasteiger partial charge in [0.05, 0.1) is 32.5 Å². The second kappa shape index (κ2) is 17.1. The molecule has 4 heterocycles. The van der Waals surface area contributed by atoms with Crippen LogP contribution in [0.2, 0.25) is 0 Å². The van der Waals surface area contributed by atoms with Crippen molar-refractivity contribution in [1.29, 1.82) is 0 Å². The van der Waals surface area contributed by atoms with Gasteiger partial charge in [0.25, 0.3) is 11.1 Å². The van der Waals surface area contributed by atoms with Crippen LogP contribution in [-0.2, 0) is 33.4 Å². The van der Waals surface area contributed by atoms with Gasteiger partial charge < -0.3 is 33.1 Å². The number of aromatic amines is 2. The van der Waals surface area contributed by atoms with Crippen LogP contribution < -0.4 is 27.2 Å². The molecule has 0 spiro atoms. The van der Waals surface area contributed by atoms with E-state index in [0.29, 0.717) is 5.75 Å². The molecule has 5 aromatic rings. The number of hydrogen-bond donors (Lipinski definition) is 3. The molecule has 0 aliphatic carbocycles. The Kier molecular flexibility index (Phi) is 12.0. The highest BCUT2D eigenvalue weighted by Gasteiger charge is 2.44. The van der Waals surface area contributed by atoms with Gasteiger partial charge in [-0.25, -0.2) is 9.59 Å². The van der Waals surface area contributed by atoms with Crippen molar-refractivity contribution in [2.45, 2.75) is 69.2 Å². The normalized spacial score (nSPS) is 22.7. The van der Waals surface area contributed by atoms with E-state index in [0.717, 1.165) is 16.7 Å². The number of rotatable bonds is 14. The van der Waals surface area contributed by atoms with E-state index < -0.39 is 73.2 Å². The number of methoxy groups -OCH3 is 1. The molecule has 3 aromatic carbocycles. The molecule has 2 aliphatic rings. The van der Waals surface area contributed by atoms with Gasteiger partial charge in [0.15, 0.2) is 0 Å². The Hall–Kier alpha value is -5.19. The van der Waals surface area contributed by atoms with Gasteiger partial charge in [0.2, 0.25) is 0 Å². The molecular weight excluding hydrogens is 759 g/mol. The number of aryl methyl sites for hydroxylation is 2. The van der Waals surface area contributed by atoms with Crippen molar-refractivity contribution in [3.8, 4) is 5.75 Å². The van der Waals surface area contributed by atoms with Crippen molar-refractivity contribution in [3.05, 3.63) is 167 Å². The van der Waals surface area contributed by atoms with Crippen LogP contribution >= 0.6 is 8.25 Å². The van der Waals surface area contributed by atoms with Crippen molar-refractivity contribution >= 4 is 8.25 Å². The van der Waals surface area contributed by atoms with Crippen molar-refractivity contribution in [2.75, 3.05) is 20.3 Å². The maximum absolute atomic E-state index is 13.5. The van der Waals surface area contributed by atoms with E-state index in [1.807, 2.05) is 84.9 Å². The second-order valence-corrected chi connectivity index (χ2v) is 14.9. The zero-order chi connectivity index (χ0) is 40.3. The Labute approximate surface area is 326 Å². The van der Waals surface area contributed by atoms with Crippen LogP contribution in [0.25, 0.3) is 0 Å². The highest BCUT2D eigenvalue weighted by atomic mass is 31.1. The minimum absolute atomic E-state index is 0.0187. The van der Waals surface area contributed by atoms with Crippen molar-refractivity contribution in [3.63, 3.8) is 0 Å². The smallest absolute Gasteiger partial charge is 0.330 e. The summed E-state index contributed by atoms with van der Waals surface area (Å²) < 4.78 is 52.3. The molecule has 2 fully saturated rings. The summed E-state index contributed by atoms with van der Waals surface area (Å²) in [6.07, 6.45) is -2.95. The Morgan fingerprint density at radius 3 is 1.79 bits per heavy atom. The minimum Gasteiger partial charge on any atom is -0.497 e. The maximum Gasteiger partial charge on any atom is 0.330 e. The van der Waals surface area contributed by atoms with Gasteiger partial charge in [0.1, 0.15) is 36.0 Å². The quantitative estimate of drug-likeness (QED) is 0.109. The lowest BCUT2D eigenvalue weighted by Crippen LogP contribution is -2.38. The summed E-state index contributed by atoms with van der Waals surface area (Å²) in [4.78, 5) is 54.0. The van der Waals surface area contributed by atoms with Crippen LogP contribution in [0, 0.1) is 13.8 Å². The van der Waals surface area contributed by atoms with E-state index in [4.69, 9.17) is 28.0 Å². The van der Waals surface area contributed by atoms with Gasteiger partial charge in [-0.1, -0.05) is 72.8 Å². The zero-order valence-electron chi connectivity index (χ0n) is 31.4. The lowest BCUT2D eigenvalue weighted by Gasteiger charge is -2.37. The standard InChI is InChI=1S/C40H43N4O12P/c1-24-20-43(38(48)41-36(24)46)34-18-30(45)32(54-34)23-53-57(50)56-31-19-35(44-21-25(2)37(47)42-39(44)49)55-33(31)22-52-40(26-10-6-4-7-11-26,27-12-8-5-9-13-27)28-14-16-29(51-3)17-15-28/h4-17,20-21,30-35,45,57H,18-19,22-23H2,1-3H3,(H,41,46,48)(H,42,47,49)/t30-,31-,32+,33+,34+,35+/m0/s1. The van der Waals surface area contributed by atoms with Crippen molar-refractivity contribution in [2.24, 2.45) is 0 Å². The fourth-order valence-corrected chi connectivity index (χ4v) is 8.08. The van der Waals surface area contributed by atoms with E-state index in [1.165, 1.54) is 28.5 Å². The summed E-state index contributed by atoms with van der Waals surface area (Å²) in [5.74, 6) is 0.655. The van der Waals surface area contributed by atoms with E-state index in [1.54, 1.807) is 14.0 Å². The first-order chi connectivity index (χ1) is 27.5.